The van der Waals surface area contributed by atoms with Gasteiger partial charge in [0.15, 0.2) is 5.82 Å². The van der Waals surface area contributed by atoms with Gasteiger partial charge in [0.2, 0.25) is 5.95 Å². The Kier molecular flexibility index (Phi) is 6.75. The zero-order valence-corrected chi connectivity index (χ0v) is 20.1. The molecule has 0 amide bonds. The Labute approximate surface area is 183 Å². The SMILES string of the molecule is CCN(CCS(C)(=O)=O)c1nnc(-c2cccnc2)n1Cc1c(C)sc(C)c1Br. The molecule has 0 fully saturated rings. The average molecular weight is 498 g/mol. The van der Waals surface area contributed by atoms with E-state index in [1.54, 1.807) is 23.7 Å². The Morgan fingerprint density at radius 1 is 1.24 bits per heavy atom. The van der Waals surface area contributed by atoms with E-state index >= 15 is 0 Å². The minimum atomic E-state index is -3.08. The minimum Gasteiger partial charge on any atom is -0.340 e. The maximum absolute atomic E-state index is 11.7. The number of nitrogens with zero attached hydrogens (tertiary/aromatic N) is 5. The number of pyridine rings is 1. The molecule has 0 bridgehead atoms. The van der Waals surface area contributed by atoms with Crippen LogP contribution in [0.5, 0.6) is 0 Å². The largest absolute Gasteiger partial charge is 0.340 e. The predicted molar refractivity (Wildman–Crippen MR) is 121 cm³/mol. The third-order valence-corrected chi connectivity index (χ3v) is 7.99. The molecule has 156 valence electrons. The van der Waals surface area contributed by atoms with Gasteiger partial charge in [0.1, 0.15) is 9.84 Å². The van der Waals surface area contributed by atoms with Gasteiger partial charge in [0, 0.05) is 57.1 Å². The molecule has 0 saturated heterocycles. The van der Waals surface area contributed by atoms with Crippen molar-refractivity contribution < 1.29 is 8.42 Å². The summed E-state index contributed by atoms with van der Waals surface area (Å²) in [6, 6.07) is 3.82. The molecule has 3 aromatic rings. The summed E-state index contributed by atoms with van der Waals surface area (Å²) in [7, 11) is -3.08. The van der Waals surface area contributed by atoms with Crippen molar-refractivity contribution in [1.29, 1.82) is 0 Å². The number of aryl methyl sites for hydroxylation is 2. The summed E-state index contributed by atoms with van der Waals surface area (Å²) in [5.41, 5.74) is 2.05. The number of anilines is 1. The number of sulfone groups is 1. The molecule has 0 atom stereocenters. The molecule has 0 N–H and O–H groups in total. The van der Waals surface area contributed by atoms with Gasteiger partial charge >= 0.3 is 0 Å². The molecule has 3 aromatic heterocycles. The van der Waals surface area contributed by atoms with Gasteiger partial charge in [-0.15, -0.1) is 21.5 Å². The molecule has 10 heteroatoms. The van der Waals surface area contributed by atoms with Crippen molar-refractivity contribution in [3.63, 3.8) is 0 Å². The van der Waals surface area contributed by atoms with E-state index < -0.39 is 9.84 Å². The third kappa shape index (κ3) is 5.04. The van der Waals surface area contributed by atoms with Gasteiger partial charge in [-0.2, -0.15) is 0 Å². The highest BCUT2D eigenvalue weighted by Crippen LogP contribution is 2.34. The van der Waals surface area contributed by atoms with Crippen LogP contribution in [-0.2, 0) is 16.4 Å². The quantitative estimate of drug-likeness (QED) is 0.471. The lowest BCUT2D eigenvalue weighted by Crippen LogP contribution is -2.31. The fraction of sp³-hybridized carbons (Fsp3) is 0.421. The average Bonchev–Trinajstić information content (AvgIpc) is 3.19. The zero-order valence-electron chi connectivity index (χ0n) is 16.9. The van der Waals surface area contributed by atoms with Crippen LogP contribution >= 0.6 is 27.3 Å². The van der Waals surface area contributed by atoms with Crippen molar-refractivity contribution >= 4 is 43.1 Å². The summed E-state index contributed by atoms with van der Waals surface area (Å²) < 4.78 is 26.5. The van der Waals surface area contributed by atoms with Crippen molar-refractivity contribution in [1.82, 2.24) is 19.7 Å². The van der Waals surface area contributed by atoms with Gasteiger partial charge < -0.3 is 4.90 Å². The van der Waals surface area contributed by atoms with E-state index in [2.05, 4.69) is 45.0 Å². The van der Waals surface area contributed by atoms with Crippen molar-refractivity contribution in [2.24, 2.45) is 0 Å². The predicted octanol–water partition coefficient (Wildman–Crippen LogP) is 3.70. The van der Waals surface area contributed by atoms with E-state index in [9.17, 15) is 8.42 Å². The second-order valence-corrected chi connectivity index (χ2v) is 11.3. The Hall–Kier alpha value is -1.78. The molecule has 29 heavy (non-hydrogen) atoms. The topological polar surface area (TPSA) is 81.0 Å². The van der Waals surface area contributed by atoms with Gasteiger partial charge in [-0.05, 0) is 48.8 Å². The molecule has 0 saturated carbocycles. The molecule has 0 aromatic carbocycles. The van der Waals surface area contributed by atoms with E-state index in [-0.39, 0.29) is 5.75 Å². The van der Waals surface area contributed by atoms with Crippen molar-refractivity contribution in [2.45, 2.75) is 27.3 Å². The maximum Gasteiger partial charge on any atom is 0.227 e. The van der Waals surface area contributed by atoms with E-state index in [0.29, 0.717) is 31.4 Å². The first-order valence-electron chi connectivity index (χ1n) is 9.22. The summed E-state index contributed by atoms with van der Waals surface area (Å²) in [5.74, 6) is 1.43. The number of aromatic nitrogens is 4. The fourth-order valence-corrected chi connectivity index (χ4v) is 5.41. The Morgan fingerprint density at radius 2 is 2.00 bits per heavy atom. The third-order valence-electron chi connectivity index (χ3n) is 4.67. The van der Waals surface area contributed by atoms with Crippen LogP contribution in [0.3, 0.4) is 0 Å². The molecule has 3 heterocycles. The smallest absolute Gasteiger partial charge is 0.227 e. The number of thiophene rings is 1. The number of rotatable bonds is 8. The number of hydrogen-bond donors (Lipinski definition) is 0. The van der Waals surface area contributed by atoms with Crippen LogP contribution in [-0.4, -0.2) is 53.3 Å². The minimum absolute atomic E-state index is 0.0657. The van der Waals surface area contributed by atoms with Crippen LogP contribution < -0.4 is 4.90 Å². The molecule has 0 radical (unpaired) electrons. The van der Waals surface area contributed by atoms with Crippen LogP contribution in [0, 0.1) is 13.8 Å². The van der Waals surface area contributed by atoms with E-state index in [4.69, 9.17) is 0 Å². The van der Waals surface area contributed by atoms with Crippen molar-refractivity contribution in [2.75, 3.05) is 30.0 Å². The van der Waals surface area contributed by atoms with Crippen LogP contribution in [0.4, 0.5) is 5.95 Å². The second-order valence-electron chi connectivity index (χ2n) is 6.87. The van der Waals surface area contributed by atoms with Crippen LogP contribution in [0.2, 0.25) is 0 Å². The second kappa shape index (κ2) is 8.93. The maximum atomic E-state index is 11.7. The summed E-state index contributed by atoms with van der Waals surface area (Å²) in [6.07, 6.45) is 4.73. The molecular weight excluding hydrogens is 474 g/mol. The van der Waals surface area contributed by atoms with Crippen LogP contribution in [0.1, 0.15) is 22.2 Å². The normalized spacial score (nSPS) is 11.8. The molecule has 3 rings (SSSR count). The lowest BCUT2D eigenvalue weighted by atomic mass is 10.2. The standard InChI is InChI=1S/C19H24BrN5O2S2/c1-5-24(9-10-29(4,26)27)19-23-22-18(15-7-6-8-21-11-15)25(19)12-16-13(2)28-14(3)17(16)20/h6-8,11H,5,9-10,12H2,1-4H3. The molecule has 7 nitrogen and oxygen atoms in total. The zero-order chi connectivity index (χ0) is 21.2. The molecule has 0 aliphatic carbocycles. The van der Waals surface area contributed by atoms with Crippen LogP contribution in [0.25, 0.3) is 11.4 Å². The Morgan fingerprint density at radius 3 is 2.55 bits per heavy atom. The van der Waals surface area contributed by atoms with E-state index in [1.165, 1.54) is 21.6 Å². The van der Waals surface area contributed by atoms with Gasteiger partial charge in [-0.1, -0.05) is 0 Å². The highest BCUT2D eigenvalue weighted by molar-refractivity contribution is 9.10. The Balaban J connectivity index is 2.08. The summed E-state index contributed by atoms with van der Waals surface area (Å²) >= 11 is 5.46. The molecule has 0 aliphatic heterocycles. The molecule has 0 aliphatic rings. The highest BCUT2D eigenvalue weighted by Gasteiger charge is 2.22. The molecule has 0 unspecified atom stereocenters. The number of hydrogen-bond acceptors (Lipinski definition) is 7. The first-order chi connectivity index (χ1) is 13.7. The first kappa shape index (κ1) is 21.9. The Bertz CT molecular complexity index is 1090. The summed E-state index contributed by atoms with van der Waals surface area (Å²) in [6.45, 7) is 7.75. The van der Waals surface area contributed by atoms with Gasteiger partial charge in [0.05, 0.1) is 12.3 Å². The number of halogens is 1. The van der Waals surface area contributed by atoms with Gasteiger partial charge in [0.25, 0.3) is 0 Å². The van der Waals surface area contributed by atoms with Gasteiger partial charge in [-0.3, -0.25) is 9.55 Å². The van der Waals surface area contributed by atoms with Crippen LogP contribution in [0.15, 0.2) is 29.0 Å². The lowest BCUT2D eigenvalue weighted by molar-refractivity contribution is 0.599. The summed E-state index contributed by atoms with van der Waals surface area (Å²) in [5, 5.41) is 8.86. The van der Waals surface area contributed by atoms with Crippen molar-refractivity contribution in [3.8, 4) is 11.4 Å². The lowest BCUT2D eigenvalue weighted by Gasteiger charge is -2.22. The first-order valence-corrected chi connectivity index (χ1v) is 12.9. The van der Waals surface area contributed by atoms with E-state index in [1.807, 2.05) is 28.5 Å². The van der Waals surface area contributed by atoms with Gasteiger partial charge in [-0.25, -0.2) is 8.42 Å². The van der Waals surface area contributed by atoms with E-state index in [0.717, 1.165) is 10.0 Å². The summed E-state index contributed by atoms with van der Waals surface area (Å²) in [4.78, 5) is 8.61. The molecular formula is C19H24BrN5O2S2. The monoisotopic (exact) mass is 497 g/mol. The molecule has 0 spiro atoms. The fourth-order valence-electron chi connectivity index (χ4n) is 3.10. The highest BCUT2D eigenvalue weighted by atomic mass is 79.9. The van der Waals surface area contributed by atoms with Crippen molar-refractivity contribution in [3.05, 3.63) is 44.3 Å².